The number of rotatable bonds is 2. The van der Waals surface area contributed by atoms with E-state index in [9.17, 15) is 9.59 Å². The third-order valence-electron chi connectivity index (χ3n) is 3.76. The predicted octanol–water partition coefficient (Wildman–Crippen LogP) is 3.56. The minimum atomic E-state index is -0.367. The van der Waals surface area contributed by atoms with Gasteiger partial charge in [0.05, 0.1) is 6.04 Å². The zero-order chi connectivity index (χ0) is 16.4. The van der Waals surface area contributed by atoms with Gasteiger partial charge in [-0.1, -0.05) is 46.3 Å². The first-order valence-electron chi connectivity index (χ1n) is 7.10. The Morgan fingerprint density at radius 1 is 1.26 bits per heavy atom. The van der Waals surface area contributed by atoms with Crippen molar-refractivity contribution in [2.24, 2.45) is 0 Å². The molecule has 0 saturated carbocycles. The molecule has 0 bridgehead atoms. The third-order valence-corrected chi connectivity index (χ3v) is 4.48. The molecule has 3 rings (SSSR count). The Morgan fingerprint density at radius 2 is 2.00 bits per heavy atom. The van der Waals surface area contributed by atoms with Crippen molar-refractivity contribution in [3.63, 3.8) is 0 Å². The van der Waals surface area contributed by atoms with E-state index in [0.29, 0.717) is 5.69 Å². The molecule has 1 heterocycles. The summed E-state index contributed by atoms with van der Waals surface area (Å²) in [7, 11) is 0. The number of benzene rings is 2. The standard InChI is InChI=1S/C17H14BrClN2O2/c18-12-6-7-14-13(8-12)17(11-4-2-1-3-5-11)21(16(23)9-19)10-15(22)20-14/h1-8,17H,9-10H2,(H,20,22)/t17-/m0/s1. The van der Waals surface area contributed by atoms with Crippen LogP contribution in [0.1, 0.15) is 17.2 Å². The van der Waals surface area contributed by atoms with Gasteiger partial charge in [0.2, 0.25) is 11.8 Å². The number of amides is 2. The highest BCUT2D eigenvalue weighted by Crippen LogP contribution is 2.37. The van der Waals surface area contributed by atoms with Crippen molar-refractivity contribution >= 4 is 45.0 Å². The van der Waals surface area contributed by atoms with Crippen molar-refractivity contribution in [3.05, 3.63) is 64.1 Å². The van der Waals surface area contributed by atoms with E-state index in [1.807, 2.05) is 48.5 Å². The summed E-state index contributed by atoms with van der Waals surface area (Å²) in [5.74, 6) is -0.672. The number of fused-ring (bicyclic) bond motifs is 1. The lowest BCUT2D eigenvalue weighted by molar-refractivity contribution is -0.133. The average Bonchev–Trinajstić information content (AvgIpc) is 2.70. The van der Waals surface area contributed by atoms with Gasteiger partial charge in [0.15, 0.2) is 0 Å². The minimum Gasteiger partial charge on any atom is -0.324 e. The van der Waals surface area contributed by atoms with Crippen LogP contribution in [0.25, 0.3) is 0 Å². The van der Waals surface area contributed by atoms with Crippen LogP contribution in [0.5, 0.6) is 0 Å². The topological polar surface area (TPSA) is 49.4 Å². The first-order chi connectivity index (χ1) is 11.1. The zero-order valence-electron chi connectivity index (χ0n) is 12.1. The molecule has 1 N–H and O–H groups in total. The van der Waals surface area contributed by atoms with Crippen molar-refractivity contribution < 1.29 is 9.59 Å². The van der Waals surface area contributed by atoms with E-state index in [-0.39, 0.29) is 30.3 Å². The first kappa shape index (κ1) is 16.0. The van der Waals surface area contributed by atoms with E-state index in [1.165, 1.54) is 4.90 Å². The van der Waals surface area contributed by atoms with Crippen molar-refractivity contribution in [2.75, 3.05) is 17.7 Å². The first-order valence-corrected chi connectivity index (χ1v) is 8.42. The van der Waals surface area contributed by atoms with Gasteiger partial charge in [0.1, 0.15) is 12.4 Å². The summed E-state index contributed by atoms with van der Waals surface area (Å²) in [6.45, 7) is -0.0303. The monoisotopic (exact) mass is 392 g/mol. The van der Waals surface area contributed by atoms with Gasteiger partial charge in [-0.2, -0.15) is 0 Å². The van der Waals surface area contributed by atoms with E-state index in [1.54, 1.807) is 0 Å². The molecule has 23 heavy (non-hydrogen) atoms. The number of hydrogen-bond donors (Lipinski definition) is 1. The fourth-order valence-electron chi connectivity index (χ4n) is 2.78. The van der Waals surface area contributed by atoms with E-state index < -0.39 is 0 Å². The molecule has 0 saturated heterocycles. The van der Waals surface area contributed by atoms with Crippen LogP contribution in [0.3, 0.4) is 0 Å². The SMILES string of the molecule is O=C1CN(C(=O)CCl)[C@@H](c2ccccc2)c2cc(Br)ccc2N1. The van der Waals surface area contributed by atoms with Gasteiger partial charge in [-0.3, -0.25) is 9.59 Å². The van der Waals surface area contributed by atoms with Crippen LogP contribution in [-0.2, 0) is 9.59 Å². The molecule has 2 amide bonds. The van der Waals surface area contributed by atoms with Gasteiger partial charge in [-0.15, -0.1) is 11.6 Å². The fraction of sp³-hybridized carbons (Fsp3) is 0.176. The third kappa shape index (κ3) is 3.26. The lowest BCUT2D eigenvalue weighted by Crippen LogP contribution is -2.39. The van der Waals surface area contributed by atoms with Crippen molar-refractivity contribution in [2.45, 2.75) is 6.04 Å². The number of carbonyl (C=O) groups is 2. The van der Waals surface area contributed by atoms with E-state index >= 15 is 0 Å². The second-order valence-corrected chi connectivity index (χ2v) is 6.43. The molecule has 1 atom stereocenters. The van der Waals surface area contributed by atoms with Crippen LogP contribution < -0.4 is 5.32 Å². The Hall–Kier alpha value is -1.85. The number of anilines is 1. The largest absolute Gasteiger partial charge is 0.324 e. The molecule has 0 unspecified atom stereocenters. The molecule has 0 radical (unpaired) electrons. The number of hydrogen-bond acceptors (Lipinski definition) is 2. The molecular weight excluding hydrogens is 380 g/mol. The highest BCUT2D eigenvalue weighted by molar-refractivity contribution is 9.10. The molecule has 0 spiro atoms. The molecule has 1 aliphatic heterocycles. The Balaban J connectivity index is 2.21. The summed E-state index contributed by atoms with van der Waals surface area (Å²) >= 11 is 9.23. The second kappa shape index (κ2) is 6.72. The lowest BCUT2D eigenvalue weighted by atomic mass is 9.96. The average molecular weight is 394 g/mol. The Morgan fingerprint density at radius 3 is 2.70 bits per heavy atom. The van der Waals surface area contributed by atoms with Crippen LogP contribution in [0.4, 0.5) is 5.69 Å². The van der Waals surface area contributed by atoms with Crippen molar-refractivity contribution in [1.82, 2.24) is 4.90 Å². The summed E-state index contributed by atoms with van der Waals surface area (Å²) in [4.78, 5) is 26.0. The zero-order valence-corrected chi connectivity index (χ0v) is 14.5. The van der Waals surface area contributed by atoms with Crippen LogP contribution in [0, 0.1) is 0 Å². The maximum atomic E-state index is 12.3. The highest BCUT2D eigenvalue weighted by atomic mass is 79.9. The number of halogens is 2. The highest BCUT2D eigenvalue weighted by Gasteiger charge is 2.32. The quantitative estimate of drug-likeness (QED) is 0.793. The van der Waals surface area contributed by atoms with E-state index in [2.05, 4.69) is 21.2 Å². The van der Waals surface area contributed by atoms with Crippen molar-refractivity contribution in [1.29, 1.82) is 0 Å². The number of nitrogens with one attached hydrogen (secondary N) is 1. The maximum absolute atomic E-state index is 12.3. The van der Waals surface area contributed by atoms with Crippen LogP contribution in [0.2, 0.25) is 0 Å². The predicted molar refractivity (Wildman–Crippen MR) is 93.5 cm³/mol. The number of nitrogens with zero attached hydrogens (tertiary/aromatic N) is 1. The van der Waals surface area contributed by atoms with Crippen LogP contribution in [0.15, 0.2) is 53.0 Å². The Bertz CT molecular complexity index is 752. The molecule has 0 aromatic heterocycles. The molecule has 2 aromatic carbocycles. The molecule has 0 aliphatic carbocycles. The number of carbonyl (C=O) groups excluding carboxylic acids is 2. The van der Waals surface area contributed by atoms with E-state index in [4.69, 9.17) is 11.6 Å². The van der Waals surface area contributed by atoms with Gasteiger partial charge in [0.25, 0.3) is 0 Å². The van der Waals surface area contributed by atoms with Gasteiger partial charge >= 0.3 is 0 Å². The molecule has 2 aromatic rings. The van der Waals surface area contributed by atoms with Crippen LogP contribution >= 0.6 is 27.5 Å². The summed E-state index contributed by atoms with van der Waals surface area (Å²) in [5, 5.41) is 2.86. The maximum Gasteiger partial charge on any atom is 0.244 e. The lowest BCUT2D eigenvalue weighted by Gasteiger charge is -2.30. The molecule has 0 fully saturated rings. The van der Waals surface area contributed by atoms with Gasteiger partial charge in [-0.25, -0.2) is 0 Å². The van der Waals surface area contributed by atoms with Gasteiger partial charge in [0, 0.05) is 15.7 Å². The summed E-state index contributed by atoms with van der Waals surface area (Å²) < 4.78 is 0.881. The number of alkyl halides is 1. The molecule has 6 heteroatoms. The minimum absolute atomic E-state index is 0.0303. The summed E-state index contributed by atoms with van der Waals surface area (Å²) in [6.07, 6.45) is 0. The van der Waals surface area contributed by atoms with E-state index in [0.717, 1.165) is 15.6 Å². The molecule has 118 valence electrons. The normalized spacial score (nSPS) is 17.2. The fourth-order valence-corrected chi connectivity index (χ4v) is 3.31. The van der Waals surface area contributed by atoms with Crippen LogP contribution in [-0.4, -0.2) is 29.1 Å². The summed E-state index contributed by atoms with van der Waals surface area (Å²) in [6, 6.07) is 14.9. The molecular formula is C17H14BrClN2O2. The Kier molecular flexibility index (Phi) is 4.68. The Labute approximate surface area is 147 Å². The van der Waals surface area contributed by atoms with Gasteiger partial charge in [-0.05, 0) is 23.8 Å². The van der Waals surface area contributed by atoms with Crippen molar-refractivity contribution in [3.8, 4) is 0 Å². The smallest absolute Gasteiger partial charge is 0.244 e. The van der Waals surface area contributed by atoms with Gasteiger partial charge < -0.3 is 10.2 Å². The second-order valence-electron chi connectivity index (χ2n) is 5.25. The molecule has 1 aliphatic rings. The molecule has 4 nitrogen and oxygen atoms in total. The summed E-state index contributed by atoms with van der Waals surface area (Å²) in [5.41, 5.74) is 2.49.